The number of nitrogens with one attached hydrogen (secondary N) is 1. The molecule has 8 heteroatoms. The first-order chi connectivity index (χ1) is 12.0. The minimum absolute atomic E-state index is 0. The summed E-state index contributed by atoms with van der Waals surface area (Å²) in [5, 5.41) is 11.4. The minimum Gasteiger partial charge on any atom is -0.744 e. The summed E-state index contributed by atoms with van der Waals surface area (Å²) < 4.78 is 32.6. The van der Waals surface area contributed by atoms with Crippen molar-refractivity contribution in [1.29, 1.82) is 0 Å². The maximum atomic E-state index is 10.9. The van der Waals surface area contributed by atoms with Gasteiger partial charge in [0.2, 0.25) is 0 Å². The molecule has 3 rings (SSSR count). The van der Waals surface area contributed by atoms with Crippen LogP contribution in [0.25, 0.3) is 0 Å². The monoisotopic (exact) mass is 375 g/mol. The van der Waals surface area contributed by atoms with Crippen molar-refractivity contribution in [3.63, 3.8) is 0 Å². The fourth-order valence-corrected chi connectivity index (χ4v) is 2.56. The number of para-hydroxylation sites is 1. The Labute approximate surface area is 174 Å². The van der Waals surface area contributed by atoms with Crippen LogP contribution in [0.3, 0.4) is 0 Å². The molecule has 0 fully saturated rings. The zero-order valence-electron chi connectivity index (χ0n) is 14.0. The molecule has 0 heterocycles. The summed E-state index contributed by atoms with van der Waals surface area (Å²) in [4.78, 5) is -0.289. The van der Waals surface area contributed by atoms with Crippen molar-refractivity contribution < 1.29 is 42.5 Å². The Bertz CT molecular complexity index is 974. The van der Waals surface area contributed by atoms with E-state index in [1.54, 1.807) is 0 Å². The minimum atomic E-state index is -4.45. The molecule has 6 nitrogen and oxygen atoms in total. The zero-order valence-corrected chi connectivity index (χ0v) is 16.8. The van der Waals surface area contributed by atoms with E-state index >= 15 is 0 Å². The van der Waals surface area contributed by atoms with Gasteiger partial charge in [0, 0.05) is 11.4 Å². The van der Waals surface area contributed by atoms with Gasteiger partial charge in [-0.05, 0) is 60.7 Å². The van der Waals surface area contributed by atoms with Crippen LogP contribution in [0.1, 0.15) is 0 Å². The van der Waals surface area contributed by atoms with Crippen LogP contribution in [0.5, 0.6) is 0 Å². The Morgan fingerprint density at radius 1 is 0.692 bits per heavy atom. The van der Waals surface area contributed by atoms with Crippen LogP contribution in [0.2, 0.25) is 0 Å². The van der Waals surface area contributed by atoms with E-state index in [1.807, 2.05) is 54.6 Å². The summed E-state index contributed by atoms with van der Waals surface area (Å²) in [6.45, 7) is 0. The first-order valence-electron chi connectivity index (χ1n) is 7.40. The smallest absolute Gasteiger partial charge is 0.744 e. The van der Waals surface area contributed by atoms with Gasteiger partial charge >= 0.3 is 29.6 Å². The molecule has 0 radical (unpaired) electrons. The van der Waals surface area contributed by atoms with Crippen molar-refractivity contribution in [2.75, 3.05) is 5.32 Å². The molecule has 0 aliphatic carbocycles. The van der Waals surface area contributed by atoms with Crippen LogP contribution in [0.4, 0.5) is 22.7 Å². The third kappa shape index (κ3) is 5.76. The summed E-state index contributed by atoms with van der Waals surface area (Å²) in [5.74, 6) is 0. The van der Waals surface area contributed by atoms with Crippen molar-refractivity contribution in [2.24, 2.45) is 10.2 Å². The summed E-state index contributed by atoms with van der Waals surface area (Å²) in [6.07, 6.45) is 0. The quantitative estimate of drug-likeness (QED) is 0.418. The van der Waals surface area contributed by atoms with E-state index in [-0.39, 0.29) is 34.5 Å². The first kappa shape index (κ1) is 20.3. The largest absolute Gasteiger partial charge is 1.00 e. The molecule has 0 unspecified atom stereocenters. The summed E-state index contributed by atoms with van der Waals surface area (Å²) in [6, 6.07) is 22.5. The summed E-state index contributed by atoms with van der Waals surface area (Å²) >= 11 is 0. The predicted molar refractivity (Wildman–Crippen MR) is 94.7 cm³/mol. The van der Waals surface area contributed by atoms with Gasteiger partial charge in [-0.25, -0.2) is 8.42 Å². The number of azo groups is 1. The molecular weight excluding hydrogens is 361 g/mol. The second-order valence-corrected chi connectivity index (χ2v) is 6.57. The Hall–Kier alpha value is -2.03. The average Bonchev–Trinajstić information content (AvgIpc) is 2.62. The van der Waals surface area contributed by atoms with Gasteiger partial charge in [-0.1, -0.05) is 18.2 Å². The van der Waals surface area contributed by atoms with E-state index in [0.717, 1.165) is 11.4 Å². The van der Waals surface area contributed by atoms with Gasteiger partial charge < -0.3 is 9.87 Å². The maximum absolute atomic E-state index is 10.9. The maximum Gasteiger partial charge on any atom is 1.00 e. The number of nitrogens with zero attached hydrogens (tertiary/aromatic N) is 2. The third-order valence-electron chi connectivity index (χ3n) is 3.34. The zero-order chi connectivity index (χ0) is 17.7. The average molecular weight is 375 g/mol. The van der Waals surface area contributed by atoms with E-state index in [2.05, 4.69) is 15.5 Å². The van der Waals surface area contributed by atoms with Gasteiger partial charge in [0.25, 0.3) is 0 Å². The number of hydrogen-bond donors (Lipinski definition) is 1. The molecule has 0 spiro atoms. The van der Waals surface area contributed by atoms with Gasteiger partial charge in [0.1, 0.15) is 10.1 Å². The van der Waals surface area contributed by atoms with Gasteiger partial charge in [0.15, 0.2) is 0 Å². The molecule has 0 aliphatic heterocycles. The molecule has 3 aromatic rings. The summed E-state index contributed by atoms with van der Waals surface area (Å²) in [7, 11) is -4.45. The van der Waals surface area contributed by atoms with Gasteiger partial charge in [0.05, 0.1) is 16.3 Å². The van der Waals surface area contributed by atoms with Crippen molar-refractivity contribution in [3.05, 3.63) is 78.9 Å². The van der Waals surface area contributed by atoms with Crippen LogP contribution in [0, 0.1) is 0 Å². The SMILES string of the molecule is O=S(=O)([O-])c1ccc(N=Nc2ccc(Nc3ccccc3)cc2)cc1.[Na+]. The van der Waals surface area contributed by atoms with Crippen LogP contribution < -0.4 is 34.9 Å². The molecule has 1 N–H and O–H groups in total. The Morgan fingerprint density at radius 3 is 1.65 bits per heavy atom. The van der Waals surface area contributed by atoms with E-state index in [1.165, 1.54) is 24.3 Å². The van der Waals surface area contributed by atoms with E-state index in [0.29, 0.717) is 11.4 Å². The second-order valence-electron chi connectivity index (χ2n) is 5.19. The molecule has 0 aromatic heterocycles. The molecule has 0 saturated heterocycles. The van der Waals surface area contributed by atoms with Crippen molar-refractivity contribution >= 4 is 32.9 Å². The normalized spacial score (nSPS) is 11.1. The molecular formula is C18H14N3NaO3S. The molecule has 3 aromatic carbocycles. The number of benzene rings is 3. The van der Waals surface area contributed by atoms with Crippen LogP contribution in [-0.2, 0) is 10.1 Å². The van der Waals surface area contributed by atoms with E-state index < -0.39 is 10.1 Å². The molecule has 0 atom stereocenters. The van der Waals surface area contributed by atoms with Crippen molar-refractivity contribution in [1.82, 2.24) is 0 Å². The van der Waals surface area contributed by atoms with E-state index in [9.17, 15) is 13.0 Å². The molecule has 126 valence electrons. The van der Waals surface area contributed by atoms with E-state index in [4.69, 9.17) is 0 Å². The van der Waals surface area contributed by atoms with Gasteiger partial charge in [-0.15, -0.1) is 0 Å². The molecule has 0 saturated carbocycles. The fourth-order valence-electron chi connectivity index (χ4n) is 2.09. The fraction of sp³-hybridized carbons (Fsp3) is 0. The van der Waals surface area contributed by atoms with Crippen molar-refractivity contribution in [2.45, 2.75) is 4.90 Å². The van der Waals surface area contributed by atoms with Crippen LogP contribution >= 0.6 is 0 Å². The summed E-state index contributed by atoms with van der Waals surface area (Å²) in [5.41, 5.74) is 3.03. The van der Waals surface area contributed by atoms with Crippen LogP contribution in [0.15, 0.2) is 94.0 Å². The molecule has 0 bridgehead atoms. The Kier molecular flexibility index (Phi) is 7.07. The van der Waals surface area contributed by atoms with Gasteiger partial charge in [-0.2, -0.15) is 10.2 Å². The topological polar surface area (TPSA) is 94.0 Å². The van der Waals surface area contributed by atoms with Crippen LogP contribution in [-0.4, -0.2) is 13.0 Å². The molecule has 0 amide bonds. The second kappa shape index (κ2) is 9.07. The third-order valence-corrected chi connectivity index (χ3v) is 4.19. The predicted octanol–water partition coefficient (Wildman–Crippen LogP) is 1.75. The van der Waals surface area contributed by atoms with Gasteiger partial charge in [-0.3, -0.25) is 0 Å². The number of anilines is 2. The Balaban J connectivity index is 0.00000243. The number of rotatable bonds is 5. The standard InChI is InChI=1S/C18H15N3O3S.Na/c22-25(23,24)18-12-10-17(11-13-18)21-20-16-8-6-15(7-9-16)19-14-4-2-1-3-5-14;/h1-13,19H,(H,22,23,24);/q;+1/p-1. The molecule has 0 aliphatic rings. The first-order valence-corrected chi connectivity index (χ1v) is 8.81. The molecule has 26 heavy (non-hydrogen) atoms. The number of hydrogen-bond acceptors (Lipinski definition) is 6. The van der Waals surface area contributed by atoms with Crippen molar-refractivity contribution in [3.8, 4) is 0 Å². The Morgan fingerprint density at radius 2 is 1.15 bits per heavy atom.